The topological polar surface area (TPSA) is 64.8 Å². The third-order valence-electron chi connectivity index (χ3n) is 5.02. The predicted octanol–water partition coefficient (Wildman–Crippen LogP) is 6.29. The molecule has 0 bridgehead atoms. The van der Waals surface area contributed by atoms with E-state index in [9.17, 15) is 44.3 Å². The second-order valence-corrected chi connectivity index (χ2v) is 7.42. The van der Waals surface area contributed by atoms with E-state index in [0.717, 1.165) is 23.1 Å². The van der Waals surface area contributed by atoms with Gasteiger partial charge in [0.2, 0.25) is 0 Å². The fourth-order valence-electron chi connectivity index (χ4n) is 3.40. The van der Waals surface area contributed by atoms with E-state index in [4.69, 9.17) is 10.5 Å². The average Bonchev–Trinajstić information content (AvgIpc) is 2.96. The summed E-state index contributed by atoms with van der Waals surface area (Å²) in [6, 6.07) is 2.66. The maximum Gasteiger partial charge on any atom is 0.573 e. The summed E-state index contributed by atoms with van der Waals surface area (Å²) in [7, 11) is 0. The summed E-state index contributed by atoms with van der Waals surface area (Å²) >= 11 is 0. The molecule has 1 fully saturated rings. The molecule has 0 aliphatic carbocycles. The normalized spacial score (nSPS) is 19.4. The van der Waals surface area contributed by atoms with Gasteiger partial charge in [-0.3, -0.25) is 4.90 Å². The molecule has 0 aromatic heterocycles. The Morgan fingerprint density at radius 1 is 0.941 bits per heavy atom. The number of benzene rings is 2. The predicted molar refractivity (Wildman–Crippen MR) is 98.2 cm³/mol. The fraction of sp³-hybridized carbons (Fsp3) is 0.350. The first-order chi connectivity index (χ1) is 15.5. The molecule has 2 aromatic rings. The highest BCUT2D eigenvalue weighted by Gasteiger charge is 2.43. The molecule has 0 saturated carbocycles. The van der Waals surface area contributed by atoms with E-state index >= 15 is 0 Å². The highest BCUT2D eigenvalue weighted by atomic mass is 19.4. The van der Waals surface area contributed by atoms with Crippen LogP contribution in [0.25, 0.3) is 0 Å². The van der Waals surface area contributed by atoms with Gasteiger partial charge in [0.1, 0.15) is 11.9 Å². The lowest BCUT2D eigenvalue weighted by molar-refractivity contribution is -0.274. The monoisotopic (exact) mass is 502 g/mol. The number of carbonyl (C=O) groups excluding carboxylic acids is 1. The van der Waals surface area contributed by atoms with Gasteiger partial charge in [-0.05, 0) is 54.4 Å². The van der Waals surface area contributed by atoms with Crippen LogP contribution in [0.2, 0.25) is 0 Å². The quantitative estimate of drug-likeness (QED) is 0.395. The number of hydrogen-bond acceptors (Lipinski definition) is 4. The van der Waals surface area contributed by atoms with E-state index in [-0.39, 0.29) is 17.3 Å². The van der Waals surface area contributed by atoms with Gasteiger partial charge >= 0.3 is 24.8 Å². The van der Waals surface area contributed by atoms with Crippen LogP contribution in [0.1, 0.15) is 35.3 Å². The van der Waals surface area contributed by atoms with Crippen molar-refractivity contribution in [1.82, 2.24) is 4.90 Å². The molecular weight excluding hydrogens is 487 g/mol. The van der Waals surface area contributed by atoms with Crippen LogP contribution in [0, 0.1) is 0 Å². The fourth-order valence-corrected chi connectivity index (χ4v) is 3.40. The average molecular weight is 502 g/mol. The minimum Gasteiger partial charge on any atom is -0.439 e. The lowest BCUT2D eigenvalue weighted by Gasteiger charge is -2.23. The van der Waals surface area contributed by atoms with E-state index in [2.05, 4.69) is 4.74 Å². The molecule has 0 radical (unpaired) electrons. The molecule has 186 valence electrons. The lowest BCUT2D eigenvalue weighted by Crippen LogP contribution is -2.32. The molecule has 2 N–H and O–H groups in total. The Kier molecular flexibility index (Phi) is 6.31. The number of ether oxygens (including phenoxy) is 2. The Labute approximate surface area is 185 Å². The van der Waals surface area contributed by atoms with Crippen LogP contribution in [-0.2, 0) is 23.6 Å². The van der Waals surface area contributed by atoms with Crippen LogP contribution in [0.5, 0.6) is 5.75 Å². The van der Waals surface area contributed by atoms with Crippen molar-refractivity contribution in [2.45, 2.75) is 44.3 Å². The number of anilines is 1. The zero-order valence-corrected chi connectivity index (χ0v) is 17.0. The molecule has 1 heterocycles. The van der Waals surface area contributed by atoms with Gasteiger partial charge in [-0.25, -0.2) is 4.79 Å². The van der Waals surface area contributed by atoms with Crippen molar-refractivity contribution < 1.29 is 53.8 Å². The molecule has 0 spiro atoms. The summed E-state index contributed by atoms with van der Waals surface area (Å²) in [6.07, 6.45) is -17.8. The first-order valence-electron chi connectivity index (χ1n) is 9.36. The van der Waals surface area contributed by atoms with E-state index in [0.29, 0.717) is 12.1 Å². The molecule has 1 saturated heterocycles. The number of halogens is 9. The first-order valence-corrected chi connectivity index (χ1v) is 9.36. The zero-order chi connectivity index (χ0) is 25.6. The molecule has 2 aromatic carbocycles. The van der Waals surface area contributed by atoms with Crippen molar-refractivity contribution in [3.63, 3.8) is 0 Å². The van der Waals surface area contributed by atoms with Crippen LogP contribution >= 0.6 is 0 Å². The highest BCUT2D eigenvalue weighted by molar-refractivity contribution is 5.71. The van der Waals surface area contributed by atoms with Gasteiger partial charge in [0.05, 0.1) is 23.7 Å². The van der Waals surface area contributed by atoms with Crippen molar-refractivity contribution in [2.24, 2.45) is 0 Å². The third kappa shape index (κ3) is 5.59. The molecule has 5 nitrogen and oxygen atoms in total. The Hall–Kier alpha value is -3.32. The summed E-state index contributed by atoms with van der Waals surface area (Å²) < 4.78 is 125. The number of amides is 1. The van der Waals surface area contributed by atoms with Crippen LogP contribution in [0.4, 0.5) is 50.0 Å². The maximum absolute atomic E-state index is 13.2. The molecule has 3 rings (SSSR count). The first kappa shape index (κ1) is 25.3. The Balaban J connectivity index is 1.93. The van der Waals surface area contributed by atoms with Crippen LogP contribution in [0.3, 0.4) is 0 Å². The Morgan fingerprint density at radius 3 is 2.00 bits per heavy atom. The SMILES string of the molecule is CC1[C@@H](c2cc(C(F)(F)F)cc(C(F)(F)F)c2)OC(=O)N1Cc1cc(OC(F)(F)F)ccc1N. The van der Waals surface area contributed by atoms with Gasteiger partial charge < -0.3 is 15.2 Å². The number of nitrogen functional groups attached to an aromatic ring is 1. The van der Waals surface area contributed by atoms with Crippen LogP contribution in [0.15, 0.2) is 36.4 Å². The smallest absolute Gasteiger partial charge is 0.439 e. The number of carbonyl (C=O) groups is 1. The molecule has 1 aliphatic heterocycles. The molecule has 1 unspecified atom stereocenters. The highest BCUT2D eigenvalue weighted by Crippen LogP contribution is 2.41. The summed E-state index contributed by atoms with van der Waals surface area (Å²) in [6.45, 7) is 0.859. The minimum absolute atomic E-state index is 0.00813. The van der Waals surface area contributed by atoms with Gasteiger partial charge in [0.15, 0.2) is 0 Å². The molecular formula is C20H15F9N2O3. The van der Waals surface area contributed by atoms with Crippen LogP contribution < -0.4 is 10.5 Å². The molecule has 34 heavy (non-hydrogen) atoms. The summed E-state index contributed by atoms with van der Waals surface area (Å²) in [4.78, 5) is 13.3. The van der Waals surface area contributed by atoms with Crippen molar-refractivity contribution in [2.75, 3.05) is 5.73 Å². The van der Waals surface area contributed by atoms with Gasteiger partial charge in [0.25, 0.3) is 0 Å². The second kappa shape index (κ2) is 8.47. The number of rotatable bonds is 4. The van der Waals surface area contributed by atoms with Gasteiger partial charge in [-0.2, -0.15) is 26.3 Å². The van der Waals surface area contributed by atoms with Gasteiger partial charge in [-0.1, -0.05) is 0 Å². The maximum atomic E-state index is 13.2. The van der Waals surface area contributed by atoms with Crippen LogP contribution in [-0.4, -0.2) is 23.4 Å². The van der Waals surface area contributed by atoms with E-state index < -0.39 is 65.9 Å². The number of alkyl halides is 9. The molecule has 1 amide bonds. The lowest BCUT2D eigenvalue weighted by atomic mass is 9.97. The number of nitrogens with zero attached hydrogens (tertiary/aromatic N) is 1. The van der Waals surface area contributed by atoms with Crippen molar-refractivity contribution in [3.05, 3.63) is 58.7 Å². The summed E-state index contributed by atoms with van der Waals surface area (Å²) in [5, 5.41) is 0. The summed E-state index contributed by atoms with van der Waals surface area (Å²) in [5.41, 5.74) is 1.98. The Bertz CT molecular complexity index is 1050. The van der Waals surface area contributed by atoms with Gasteiger partial charge in [0, 0.05) is 5.69 Å². The molecule has 1 aliphatic rings. The largest absolute Gasteiger partial charge is 0.573 e. The van der Waals surface area contributed by atoms with Crippen molar-refractivity contribution >= 4 is 11.8 Å². The number of cyclic esters (lactones) is 1. The van der Waals surface area contributed by atoms with Crippen molar-refractivity contribution in [3.8, 4) is 5.75 Å². The van der Waals surface area contributed by atoms with Gasteiger partial charge in [-0.15, -0.1) is 13.2 Å². The second-order valence-electron chi connectivity index (χ2n) is 7.42. The van der Waals surface area contributed by atoms with E-state index in [1.807, 2.05) is 0 Å². The molecule has 14 heteroatoms. The number of nitrogens with two attached hydrogens (primary N) is 1. The molecule has 2 atom stereocenters. The minimum atomic E-state index is -5.10. The number of hydrogen-bond donors (Lipinski definition) is 1. The zero-order valence-electron chi connectivity index (χ0n) is 17.0. The standard InChI is InChI=1S/C20H15F9N2O3/c1-9-16(10-4-12(18(21,22)23)7-13(5-10)19(24,25)26)33-17(32)31(9)8-11-6-14(2-3-15(11)30)34-20(27,28)29/h2-7,9,16H,8,30H2,1H3/t9?,16-/m0/s1. The third-order valence-corrected chi connectivity index (χ3v) is 5.02. The van der Waals surface area contributed by atoms with Crippen molar-refractivity contribution in [1.29, 1.82) is 0 Å². The van der Waals surface area contributed by atoms with E-state index in [1.165, 1.54) is 6.92 Å². The Morgan fingerprint density at radius 2 is 1.50 bits per heavy atom. The summed E-state index contributed by atoms with van der Waals surface area (Å²) in [5.74, 6) is -0.638. The van der Waals surface area contributed by atoms with E-state index in [1.54, 1.807) is 0 Å².